The fourth-order valence-electron chi connectivity index (χ4n) is 5.37. The van der Waals surface area contributed by atoms with Crippen molar-refractivity contribution in [2.45, 2.75) is 37.0 Å². The largest absolute Gasteiger partial charge is 0.493 e. The van der Waals surface area contributed by atoms with Gasteiger partial charge in [-0.25, -0.2) is 9.65 Å². The van der Waals surface area contributed by atoms with Gasteiger partial charge in [-0.2, -0.15) is 0 Å². The highest BCUT2D eigenvalue weighted by molar-refractivity contribution is 7.52. The lowest BCUT2D eigenvalue weighted by Gasteiger charge is -2.37. The molecule has 0 amide bonds. The van der Waals surface area contributed by atoms with Crippen LogP contribution in [0.3, 0.4) is 0 Å². The molecular weight excluding hydrogens is 501 g/mol. The zero-order valence-corrected chi connectivity index (χ0v) is 21.6. The lowest BCUT2D eigenvalue weighted by Crippen LogP contribution is -2.43. The van der Waals surface area contributed by atoms with Crippen LogP contribution in [0.5, 0.6) is 17.2 Å². The van der Waals surface area contributed by atoms with Crippen LogP contribution >= 0.6 is 7.75 Å². The van der Waals surface area contributed by atoms with E-state index in [0.29, 0.717) is 12.2 Å². The zero-order chi connectivity index (χ0) is 26.2. The summed E-state index contributed by atoms with van der Waals surface area (Å²) in [4.78, 5) is 12.7. The number of aliphatic hydroxyl groups excluding tert-OH is 1. The van der Waals surface area contributed by atoms with Crippen LogP contribution in [0.25, 0.3) is 0 Å². The molecule has 12 heteroatoms. The lowest BCUT2D eigenvalue weighted by molar-refractivity contribution is -0.384. The van der Waals surface area contributed by atoms with Gasteiger partial charge in [0.25, 0.3) is 5.69 Å². The van der Waals surface area contributed by atoms with Crippen LogP contribution in [-0.2, 0) is 21.0 Å². The summed E-state index contributed by atoms with van der Waals surface area (Å²) in [5.74, 6) is 1.57. The second-order valence-corrected chi connectivity index (χ2v) is 11.2. The molecule has 0 fully saturated rings. The average molecular weight is 532 g/mol. The predicted octanol–water partition coefficient (Wildman–Crippen LogP) is 3.55. The van der Waals surface area contributed by atoms with E-state index < -0.39 is 18.8 Å². The Hall–Kier alpha value is -2.95. The number of methoxy groups -OCH3 is 1. The standard InChI is InChI=1S/C25H30N3O8P/c1-27-13-11-25-10-9-20(15-22(25)34-24-21(33-2)8-3-17(16-27)23(24)25)36-37(32,26-12-14-29)35-19-6-4-18(5-7-19)28(30)31/h3-10,20,22,29H,11-16H2,1-2H3,(H,26,32)/t20-,22-,25-,37?/m0/s1. The van der Waals surface area contributed by atoms with Gasteiger partial charge in [-0.1, -0.05) is 18.2 Å². The average Bonchev–Trinajstić information content (AvgIpc) is 3.14. The third-order valence-corrected chi connectivity index (χ3v) is 8.70. The molecule has 1 unspecified atom stereocenters. The summed E-state index contributed by atoms with van der Waals surface area (Å²) in [6, 6.07) is 9.25. The van der Waals surface area contributed by atoms with Crippen molar-refractivity contribution in [2.75, 3.05) is 33.9 Å². The van der Waals surface area contributed by atoms with Crippen LogP contribution in [-0.4, -0.2) is 61.0 Å². The molecule has 0 saturated carbocycles. The van der Waals surface area contributed by atoms with E-state index in [1.54, 1.807) is 7.11 Å². The molecule has 3 aliphatic rings. The molecule has 2 N–H and O–H groups in total. The Kier molecular flexibility index (Phi) is 6.99. The molecule has 2 aromatic carbocycles. The molecule has 5 rings (SSSR count). The lowest BCUT2D eigenvalue weighted by atomic mass is 9.69. The quantitative estimate of drug-likeness (QED) is 0.214. The number of benzene rings is 2. The Morgan fingerprint density at radius 2 is 2.08 bits per heavy atom. The third-order valence-electron chi connectivity index (χ3n) is 7.09. The molecule has 2 aliphatic heterocycles. The molecule has 2 heterocycles. The molecule has 0 bridgehead atoms. The summed E-state index contributed by atoms with van der Waals surface area (Å²) < 4.78 is 37.4. The molecule has 37 heavy (non-hydrogen) atoms. The summed E-state index contributed by atoms with van der Waals surface area (Å²) in [6.45, 7) is 1.38. The van der Waals surface area contributed by atoms with E-state index in [1.165, 1.54) is 29.8 Å². The molecule has 0 saturated heterocycles. The second kappa shape index (κ2) is 10.1. The van der Waals surface area contributed by atoms with E-state index >= 15 is 0 Å². The van der Waals surface area contributed by atoms with Gasteiger partial charge in [0.2, 0.25) is 0 Å². The number of nitrogens with one attached hydrogen (secondary N) is 1. The van der Waals surface area contributed by atoms with Crippen molar-refractivity contribution in [3.05, 3.63) is 69.8 Å². The zero-order valence-electron chi connectivity index (χ0n) is 20.7. The highest BCUT2D eigenvalue weighted by atomic mass is 31.2. The maximum atomic E-state index is 13.7. The van der Waals surface area contributed by atoms with Gasteiger partial charge in [0.1, 0.15) is 11.9 Å². The van der Waals surface area contributed by atoms with E-state index in [1.807, 2.05) is 12.1 Å². The monoisotopic (exact) mass is 531 g/mol. The number of nitro groups is 1. The molecule has 4 atom stereocenters. The molecule has 1 aliphatic carbocycles. The Morgan fingerprint density at radius 1 is 1.30 bits per heavy atom. The number of ether oxygens (including phenoxy) is 2. The van der Waals surface area contributed by atoms with Gasteiger partial charge >= 0.3 is 7.75 Å². The fraction of sp³-hybridized carbons (Fsp3) is 0.440. The van der Waals surface area contributed by atoms with Crippen LogP contribution in [0.4, 0.5) is 5.69 Å². The van der Waals surface area contributed by atoms with Crippen LogP contribution < -0.4 is 19.1 Å². The van der Waals surface area contributed by atoms with E-state index in [0.717, 1.165) is 30.8 Å². The van der Waals surface area contributed by atoms with Crippen molar-refractivity contribution in [3.63, 3.8) is 0 Å². The molecule has 0 aromatic heterocycles. The number of nitrogens with zero attached hydrogens (tertiary/aromatic N) is 2. The van der Waals surface area contributed by atoms with Crippen molar-refractivity contribution in [2.24, 2.45) is 0 Å². The topological polar surface area (TPSA) is 133 Å². The van der Waals surface area contributed by atoms with E-state index in [9.17, 15) is 19.8 Å². The van der Waals surface area contributed by atoms with E-state index in [4.69, 9.17) is 18.5 Å². The number of aliphatic hydroxyl groups is 1. The van der Waals surface area contributed by atoms with Crippen LogP contribution in [0, 0.1) is 10.1 Å². The van der Waals surface area contributed by atoms with Crippen molar-refractivity contribution in [3.8, 4) is 17.2 Å². The summed E-state index contributed by atoms with van der Waals surface area (Å²) in [5, 5.41) is 22.9. The summed E-state index contributed by atoms with van der Waals surface area (Å²) in [5.41, 5.74) is 1.86. The molecule has 2 aromatic rings. The van der Waals surface area contributed by atoms with Crippen molar-refractivity contribution >= 4 is 13.4 Å². The third kappa shape index (κ3) is 4.85. The number of nitro benzene ring substituents is 1. The Bertz CT molecular complexity index is 1250. The Morgan fingerprint density at radius 3 is 2.78 bits per heavy atom. The van der Waals surface area contributed by atoms with Gasteiger partial charge in [0, 0.05) is 37.2 Å². The fourth-order valence-corrected chi connectivity index (χ4v) is 6.84. The first-order valence-corrected chi connectivity index (χ1v) is 13.6. The minimum atomic E-state index is -3.95. The second-order valence-electron chi connectivity index (χ2n) is 9.48. The van der Waals surface area contributed by atoms with Gasteiger partial charge in [0.15, 0.2) is 11.5 Å². The van der Waals surface area contributed by atoms with Crippen molar-refractivity contribution in [1.82, 2.24) is 9.99 Å². The highest BCUT2D eigenvalue weighted by Crippen LogP contribution is 2.57. The number of hydrogen-bond acceptors (Lipinski definition) is 9. The van der Waals surface area contributed by atoms with Gasteiger partial charge in [-0.05, 0) is 43.8 Å². The van der Waals surface area contributed by atoms with Crippen molar-refractivity contribution < 1.29 is 33.1 Å². The first-order valence-electron chi connectivity index (χ1n) is 12.1. The molecule has 0 radical (unpaired) electrons. The molecule has 198 valence electrons. The molecule has 11 nitrogen and oxygen atoms in total. The Balaban J connectivity index is 1.41. The minimum Gasteiger partial charge on any atom is -0.493 e. The molecular formula is C25H30N3O8P. The molecule has 1 spiro atoms. The minimum absolute atomic E-state index is 0.0249. The summed E-state index contributed by atoms with van der Waals surface area (Å²) >= 11 is 0. The van der Waals surface area contributed by atoms with E-state index in [-0.39, 0.29) is 36.1 Å². The maximum absolute atomic E-state index is 13.7. The predicted molar refractivity (Wildman–Crippen MR) is 135 cm³/mol. The SMILES string of the molecule is COc1ccc2c3c1O[C@H]1C[C@@H](OP(=O)(NCCO)Oc4ccc([N+](=O)[O-])cc4)C=C[C@@]31CCN(C)C2. The normalized spacial score (nSPS) is 25.8. The van der Waals surface area contributed by atoms with E-state index in [2.05, 4.69) is 29.2 Å². The van der Waals surface area contributed by atoms with Crippen LogP contribution in [0.15, 0.2) is 48.6 Å². The number of non-ortho nitro benzene ring substituents is 1. The van der Waals surface area contributed by atoms with Gasteiger partial charge in [-0.3, -0.25) is 14.6 Å². The van der Waals surface area contributed by atoms with Crippen LogP contribution in [0.1, 0.15) is 24.0 Å². The smallest absolute Gasteiger partial charge is 0.459 e. The maximum Gasteiger partial charge on any atom is 0.459 e. The summed E-state index contributed by atoms with van der Waals surface area (Å²) in [6.07, 6.45) is 4.41. The highest BCUT2D eigenvalue weighted by Gasteiger charge is 2.53. The first-order chi connectivity index (χ1) is 17.8. The number of rotatable bonds is 9. The van der Waals surface area contributed by atoms with Gasteiger partial charge < -0.3 is 24.0 Å². The van der Waals surface area contributed by atoms with Gasteiger partial charge in [0.05, 0.1) is 30.2 Å². The Labute approximate surface area is 214 Å². The number of hydrogen-bond donors (Lipinski definition) is 2. The first kappa shape index (κ1) is 25.7. The van der Waals surface area contributed by atoms with Gasteiger partial charge in [-0.15, -0.1) is 0 Å². The van der Waals surface area contributed by atoms with Crippen molar-refractivity contribution in [1.29, 1.82) is 0 Å². The van der Waals surface area contributed by atoms with Crippen LogP contribution in [0.2, 0.25) is 0 Å². The summed E-state index contributed by atoms with van der Waals surface area (Å²) in [7, 11) is -0.232.